The van der Waals surface area contributed by atoms with Crippen LogP contribution in [0.4, 0.5) is 0 Å². The molecule has 2 aromatic carbocycles. The summed E-state index contributed by atoms with van der Waals surface area (Å²) in [5.74, 6) is 0.233. The normalized spacial score (nSPS) is 10.5. The molecule has 2 rings (SSSR count). The van der Waals surface area contributed by atoms with Gasteiger partial charge in [-0.15, -0.1) is 11.8 Å². The number of thioether (sulfide) groups is 1. The van der Waals surface area contributed by atoms with Gasteiger partial charge in [-0.05, 0) is 30.3 Å². The minimum atomic E-state index is -0.0495. The van der Waals surface area contributed by atoms with Gasteiger partial charge in [0.05, 0.1) is 15.8 Å². The Morgan fingerprint density at radius 1 is 1.00 bits per heavy atom. The first kappa shape index (κ1) is 14.7. The van der Waals surface area contributed by atoms with E-state index < -0.39 is 0 Å². The molecule has 2 aromatic rings. The SMILES string of the molecule is O=C(CSc1ccccc1Cl)c1ccc(Cl)cc1Cl. The van der Waals surface area contributed by atoms with Gasteiger partial charge in [-0.1, -0.05) is 46.9 Å². The third-order valence-corrected chi connectivity index (χ3v) is 4.49. The Labute approximate surface area is 130 Å². The van der Waals surface area contributed by atoms with E-state index in [4.69, 9.17) is 34.8 Å². The zero-order valence-electron chi connectivity index (χ0n) is 9.70. The summed E-state index contributed by atoms with van der Waals surface area (Å²) in [6, 6.07) is 12.3. The topological polar surface area (TPSA) is 17.1 Å². The highest BCUT2D eigenvalue weighted by Gasteiger charge is 2.12. The number of halogens is 3. The lowest BCUT2D eigenvalue weighted by Gasteiger charge is -2.05. The first-order chi connectivity index (χ1) is 9.08. The van der Waals surface area contributed by atoms with Gasteiger partial charge < -0.3 is 0 Å². The predicted octanol–water partition coefficient (Wildman–Crippen LogP) is 5.62. The van der Waals surface area contributed by atoms with Crippen molar-refractivity contribution in [3.8, 4) is 0 Å². The van der Waals surface area contributed by atoms with E-state index in [1.807, 2.05) is 18.2 Å². The van der Waals surface area contributed by atoms with E-state index >= 15 is 0 Å². The Morgan fingerprint density at radius 2 is 1.74 bits per heavy atom. The highest BCUT2D eigenvalue weighted by Crippen LogP contribution is 2.28. The fraction of sp³-hybridized carbons (Fsp3) is 0.0714. The molecule has 0 aliphatic rings. The molecule has 98 valence electrons. The average Bonchev–Trinajstić information content (AvgIpc) is 2.37. The second-order valence-electron chi connectivity index (χ2n) is 3.77. The summed E-state index contributed by atoms with van der Waals surface area (Å²) in [6.45, 7) is 0. The third-order valence-electron chi connectivity index (χ3n) is 2.43. The smallest absolute Gasteiger partial charge is 0.174 e. The number of ketones is 1. The van der Waals surface area contributed by atoms with E-state index in [2.05, 4.69) is 0 Å². The molecule has 0 N–H and O–H groups in total. The van der Waals surface area contributed by atoms with Crippen LogP contribution in [0, 0.1) is 0 Å². The van der Waals surface area contributed by atoms with Gasteiger partial charge in [0.15, 0.2) is 5.78 Å². The van der Waals surface area contributed by atoms with Gasteiger partial charge in [0, 0.05) is 15.5 Å². The van der Waals surface area contributed by atoms with Gasteiger partial charge in [-0.3, -0.25) is 4.79 Å². The van der Waals surface area contributed by atoms with Crippen molar-refractivity contribution in [2.45, 2.75) is 4.90 Å². The zero-order valence-corrected chi connectivity index (χ0v) is 12.8. The molecule has 0 heterocycles. The average molecular weight is 332 g/mol. The summed E-state index contributed by atoms with van der Waals surface area (Å²) >= 11 is 19.2. The Morgan fingerprint density at radius 3 is 2.42 bits per heavy atom. The minimum absolute atomic E-state index is 0.0495. The molecule has 5 heteroatoms. The molecule has 0 aliphatic heterocycles. The molecule has 0 aromatic heterocycles. The van der Waals surface area contributed by atoms with Crippen LogP contribution in [0.25, 0.3) is 0 Å². The first-order valence-corrected chi connectivity index (χ1v) is 7.55. The van der Waals surface area contributed by atoms with Gasteiger partial charge >= 0.3 is 0 Å². The number of rotatable bonds is 4. The molecular formula is C14H9Cl3OS. The largest absolute Gasteiger partial charge is 0.293 e. The van der Waals surface area contributed by atoms with Crippen molar-refractivity contribution in [3.63, 3.8) is 0 Å². The number of hydrogen-bond acceptors (Lipinski definition) is 2. The van der Waals surface area contributed by atoms with Gasteiger partial charge in [-0.25, -0.2) is 0 Å². The number of carbonyl (C=O) groups is 1. The molecule has 0 saturated heterocycles. The third kappa shape index (κ3) is 3.90. The summed E-state index contributed by atoms with van der Waals surface area (Å²) in [4.78, 5) is 12.9. The summed E-state index contributed by atoms with van der Waals surface area (Å²) < 4.78 is 0. The van der Waals surface area contributed by atoms with Crippen molar-refractivity contribution in [1.29, 1.82) is 0 Å². The monoisotopic (exact) mass is 330 g/mol. The molecule has 0 amide bonds. The van der Waals surface area contributed by atoms with Crippen LogP contribution in [-0.4, -0.2) is 11.5 Å². The second-order valence-corrected chi connectivity index (χ2v) is 6.03. The van der Waals surface area contributed by atoms with E-state index in [1.165, 1.54) is 11.8 Å². The lowest BCUT2D eigenvalue weighted by atomic mass is 10.1. The summed E-state index contributed by atoms with van der Waals surface area (Å²) in [6.07, 6.45) is 0. The van der Waals surface area contributed by atoms with Crippen molar-refractivity contribution in [3.05, 3.63) is 63.1 Å². The Balaban J connectivity index is 2.08. The van der Waals surface area contributed by atoms with Gasteiger partial charge in [0.2, 0.25) is 0 Å². The maximum absolute atomic E-state index is 12.1. The number of benzene rings is 2. The van der Waals surface area contributed by atoms with Crippen LogP contribution in [0.1, 0.15) is 10.4 Å². The molecule has 1 nitrogen and oxygen atoms in total. The predicted molar refractivity (Wildman–Crippen MR) is 83.0 cm³/mol. The quantitative estimate of drug-likeness (QED) is 0.534. The van der Waals surface area contributed by atoms with Crippen LogP contribution in [-0.2, 0) is 0 Å². The van der Waals surface area contributed by atoms with E-state index in [1.54, 1.807) is 24.3 Å². The minimum Gasteiger partial charge on any atom is -0.293 e. The highest BCUT2D eigenvalue weighted by atomic mass is 35.5. The van der Waals surface area contributed by atoms with Crippen molar-refractivity contribution in [2.24, 2.45) is 0 Å². The Kier molecular flexibility index (Phi) is 5.17. The van der Waals surface area contributed by atoms with Crippen LogP contribution in [0.2, 0.25) is 15.1 Å². The van der Waals surface area contributed by atoms with Crippen molar-refractivity contribution >= 4 is 52.3 Å². The molecule has 0 aliphatic carbocycles. The lowest BCUT2D eigenvalue weighted by Crippen LogP contribution is -2.03. The van der Waals surface area contributed by atoms with E-state index in [-0.39, 0.29) is 11.5 Å². The molecule has 19 heavy (non-hydrogen) atoms. The summed E-state index contributed by atoms with van der Waals surface area (Å²) in [5, 5.41) is 1.53. The summed E-state index contributed by atoms with van der Waals surface area (Å²) in [7, 11) is 0. The molecule has 0 unspecified atom stereocenters. The molecule has 0 spiro atoms. The van der Waals surface area contributed by atoms with Crippen LogP contribution in [0.15, 0.2) is 47.4 Å². The van der Waals surface area contributed by atoms with Crippen LogP contribution >= 0.6 is 46.6 Å². The second kappa shape index (κ2) is 6.67. The maximum Gasteiger partial charge on any atom is 0.174 e. The van der Waals surface area contributed by atoms with Crippen LogP contribution in [0.5, 0.6) is 0 Å². The fourth-order valence-electron chi connectivity index (χ4n) is 1.50. The number of Topliss-reactive ketones (excluding diaryl/α,β-unsaturated/α-hetero) is 1. The Hall–Kier alpha value is -0.670. The molecule has 0 bridgehead atoms. The van der Waals surface area contributed by atoms with E-state index in [9.17, 15) is 4.79 Å². The standard InChI is InChI=1S/C14H9Cl3OS/c15-9-5-6-10(12(17)7-9)13(18)8-19-14-4-2-1-3-11(14)16/h1-7H,8H2. The van der Waals surface area contributed by atoms with Crippen LogP contribution < -0.4 is 0 Å². The van der Waals surface area contributed by atoms with Crippen molar-refractivity contribution in [1.82, 2.24) is 0 Å². The van der Waals surface area contributed by atoms with Crippen molar-refractivity contribution < 1.29 is 4.79 Å². The summed E-state index contributed by atoms with van der Waals surface area (Å²) in [5.41, 5.74) is 0.477. The van der Waals surface area contributed by atoms with Gasteiger partial charge in [0.25, 0.3) is 0 Å². The lowest BCUT2D eigenvalue weighted by molar-refractivity contribution is 0.102. The molecule has 0 saturated carbocycles. The van der Waals surface area contributed by atoms with Gasteiger partial charge in [0.1, 0.15) is 0 Å². The zero-order chi connectivity index (χ0) is 13.8. The number of hydrogen-bond donors (Lipinski definition) is 0. The molecule has 0 fully saturated rings. The first-order valence-electron chi connectivity index (χ1n) is 5.43. The number of carbonyl (C=O) groups excluding carboxylic acids is 1. The van der Waals surface area contributed by atoms with Gasteiger partial charge in [-0.2, -0.15) is 0 Å². The highest BCUT2D eigenvalue weighted by molar-refractivity contribution is 8.00. The fourth-order valence-corrected chi connectivity index (χ4v) is 3.13. The van der Waals surface area contributed by atoms with Crippen LogP contribution in [0.3, 0.4) is 0 Å². The maximum atomic E-state index is 12.1. The van der Waals surface area contributed by atoms with E-state index in [0.717, 1.165) is 4.90 Å². The molecule has 0 atom stereocenters. The Bertz CT molecular complexity index is 613. The molecular weight excluding hydrogens is 323 g/mol. The molecule has 0 radical (unpaired) electrons. The van der Waals surface area contributed by atoms with E-state index in [0.29, 0.717) is 20.6 Å². The van der Waals surface area contributed by atoms with Crippen molar-refractivity contribution in [2.75, 3.05) is 5.75 Å².